The van der Waals surface area contributed by atoms with Gasteiger partial charge in [0.1, 0.15) is 17.2 Å². The van der Waals surface area contributed by atoms with Gasteiger partial charge in [-0.25, -0.2) is 4.31 Å². The Bertz CT molecular complexity index is 1120. The van der Waals surface area contributed by atoms with Crippen LogP contribution in [0.5, 0.6) is 11.5 Å². The third-order valence-electron chi connectivity index (χ3n) is 6.75. The molecule has 1 aromatic rings. The fourth-order valence-electron chi connectivity index (χ4n) is 5.74. The largest absolute Gasteiger partial charge is 0.497 e. The molecule has 0 N–H and O–H groups in total. The van der Waals surface area contributed by atoms with E-state index < -0.39 is 10.2 Å². The summed E-state index contributed by atoms with van der Waals surface area (Å²) < 4.78 is 41.4. The van der Waals surface area contributed by atoms with Crippen LogP contribution in [-0.2, 0) is 15.0 Å². The third kappa shape index (κ3) is 3.87. The molecule has 0 radical (unpaired) electrons. The lowest BCUT2D eigenvalue weighted by Gasteiger charge is -2.39. The van der Waals surface area contributed by atoms with Crippen molar-refractivity contribution in [3.63, 3.8) is 0 Å². The number of fused-ring (bicyclic) bond motifs is 2. The van der Waals surface area contributed by atoms with Crippen LogP contribution in [0.4, 0.5) is 0 Å². The molecule has 32 heavy (non-hydrogen) atoms. The molecule has 2 bridgehead atoms. The van der Waals surface area contributed by atoms with Crippen molar-refractivity contribution in [1.29, 1.82) is 0 Å². The number of ether oxygens (including phenoxy) is 2. The van der Waals surface area contributed by atoms with Crippen molar-refractivity contribution in [3.05, 3.63) is 35.5 Å². The molecule has 8 nitrogen and oxygen atoms in total. The zero-order chi connectivity index (χ0) is 23.5. The van der Waals surface area contributed by atoms with Gasteiger partial charge in [0.05, 0.1) is 19.9 Å². The Kier molecular flexibility index (Phi) is 5.31. The first-order valence-electron chi connectivity index (χ1n) is 10.7. The molecule has 1 aromatic carbocycles. The number of methoxy groups -OCH3 is 2. The molecule has 2 atom stereocenters. The normalized spacial score (nSPS) is 28.1. The van der Waals surface area contributed by atoms with Crippen LogP contribution in [0, 0.1) is 10.8 Å². The van der Waals surface area contributed by atoms with Crippen molar-refractivity contribution in [3.8, 4) is 11.5 Å². The van der Waals surface area contributed by atoms with Gasteiger partial charge in [-0.2, -0.15) is 8.42 Å². The van der Waals surface area contributed by atoms with Crippen LogP contribution in [0.2, 0.25) is 0 Å². The van der Waals surface area contributed by atoms with Gasteiger partial charge in [-0.1, -0.05) is 20.8 Å². The molecule has 174 valence electrons. The smallest absolute Gasteiger partial charge is 0.345 e. The molecular weight excluding hydrogens is 430 g/mol. The molecule has 0 unspecified atom stereocenters. The molecule has 2 heterocycles. The van der Waals surface area contributed by atoms with E-state index in [4.69, 9.17) is 9.47 Å². The molecule has 1 saturated carbocycles. The second kappa shape index (κ2) is 7.50. The summed E-state index contributed by atoms with van der Waals surface area (Å²) in [5.74, 6) is 0.694. The maximum Gasteiger partial charge on any atom is 0.345 e. The number of benzene rings is 1. The van der Waals surface area contributed by atoms with Gasteiger partial charge in [-0.3, -0.25) is 4.79 Å². The number of amides is 1. The summed E-state index contributed by atoms with van der Waals surface area (Å²) in [6, 6.07) is 5.16. The standard InChI is InChI=1S/C23H31N3O5S/c1-22(2)11-15-12-23(3,13-22)14-26(15)21(27)19-10-18(24-32(28,29)25(19)4)17-9-16(30-5)7-8-20(17)31-6/h7-10,15H,11-14H2,1-6H3/t15-,23-/m1/s1. The molecule has 0 spiro atoms. The second-order valence-electron chi connectivity index (χ2n) is 10.2. The Balaban J connectivity index is 1.75. The Morgan fingerprint density at radius 2 is 1.88 bits per heavy atom. The fourth-order valence-corrected chi connectivity index (χ4v) is 6.64. The van der Waals surface area contributed by atoms with Crippen LogP contribution >= 0.6 is 0 Å². The predicted octanol–water partition coefficient (Wildman–Crippen LogP) is 2.99. The minimum atomic E-state index is -4.08. The number of likely N-dealkylation sites (tertiary alicyclic amines) is 1. The van der Waals surface area contributed by atoms with E-state index in [1.165, 1.54) is 27.3 Å². The van der Waals surface area contributed by atoms with Gasteiger partial charge in [0.15, 0.2) is 0 Å². The zero-order valence-corrected chi connectivity index (χ0v) is 20.3. The van der Waals surface area contributed by atoms with E-state index in [2.05, 4.69) is 25.2 Å². The predicted molar refractivity (Wildman–Crippen MR) is 122 cm³/mol. The number of nitrogens with zero attached hydrogens (tertiary/aromatic N) is 3. The van der Waals surface area contributed by atoms with Crippen LogP contribution < -0.4 is 9.47 Å². The Morgan fingerprint density at radius 3 is 2.53 bits per heavy atom. The first-order chi connectivity index (χ1) is 14.9. The minimum absolute atomic E-state index is 0.0433. The third-order valence-corrected chi connectivity index (χ3v) is 8.07. The molecule has 1 aliphatic carbocycles. The molecular formula is C23H31N3O5S. The monoisotopic (exact) mass is 461 g/mol. The van der Waals surface area contributed by atoms with E-state index in [0.29, 0.717) is 23.6 Å². The lowest BCUT2D eigenvalue weighted by Crippen LogP contribution is -2.43. The molecule has 2 fully saturated rings. The quantitative estimate of drug-likeness (QED) is 0.688. The van der Waals surface area contributed by atoms with E-state index >= 15 is 0 Å². The van der Waals surface area contributed by atoms with E-state index in [1.807, 2.05) is 4.90 Å². The SMILES string of the molecule is COc1ccc(OC)c(C2=NS(=O)(=O)N(C)C(C(=O)N3C[C@]4(C)C[C@H]3CC(C)(C)C4)=C2)c1. The molecule has 1 saturated heterocycles. The molecule has 9 heteroatoms. The van der Waals surface area contributed by atoms with Gasteiger partial charge in [0.25, 0.3) is 5.91 Å². The summed E-state index contributed by atoms with van der Waals surface area (Å²) in [5, 5.41) is 0. The van der Waals surface area contributed by atoms with Crippen molar-refractivity contribution in [2.24, 2.45) is 15.2 Å². The number of carbonyl (C=O) groups is 1. The van der Waals surface area contributed by atoms with Crippen molar-refractivity contribution in [2.45, 2.75) is 46.1 Å². The summed E-state index contributed by atoms with van der Waals surface area (Å²) in [6.45, 7) is 7.32. The number of allylic oxidation sites excluding steroid dienone is 1. The topological polar surface area (TPSA) is 88.5 Å². The number of hydrogen-bond acceptors (Lipinski definition) is 5. The van der Waals surface area contributed by atoms with E-state index in [1.54, 1.807) is 18.2 Å². The van der Waals surface area contributed by atoms with E-state index in [9.17, 15) is 13.2 Å². The van der Waals surface area contributed by atoms with Gasteiger partial charge >= 0.3 is 10.2 Å². The molecule has 1 amide bonds. The van der Waals surface area contributed by atoms with Crippen molar-refractivity contribution < 1.29 is 22.7 Å². The molecule has 4 rings (SSSR count). The summed E-state index contributed by atoms with van der Waals surface area (Å²) in [5.41, 5.74) is 0.875. The van der Waals surface area contributed by atoms with Gasteiger partial charge in [-0.15, -0.1) is 4.40 Å². The van der Waals surface area contributed by atoms with Gasteiger partial charge in [0.2, 0.25) is 0 Å². The molecule has 3 aliphatic rings. The van der Waals surface area contributed by atoms with Crippen LogP contribution in [-0.4, -0.2) is 63.1 Å². The van der Waals surface area contributed by atoms with Gasteiger partial charge < -0.3 is 14.4 Å². The lowest BCUT2D eigenvalue weighted by atomic mass is 9.65. The number of likely N-dealkylation sites (N-methyl/N-ethyl adjacent to an activating group) is 1. The van der Waals surface area contributed by atoms with E-state index in [0.717, 1.165) is 23.6 Å². The summed E-state index contributed by atoms with van der Waals surface area (Å²) in [6.07, 6.45) is 4.43. The number of rotatable bonds is 4. The van der Waals surface area contributed by atoms with E-state index in [-0.39, 0.29) is 34.2 Å². The van der Waals surface area contributed by atoms with Crippen LogP contribution in [0.25, 0.3) is 0 Å². The van der Waals surface area contributed by atoms with Crippen molar-refractivity contribution >= 4 is 21.8 Å². The van der Waals surface area contributed by atoms with Gasteiger partial charge in [-0.05, 0) is 54.4 Å². The van der Waals surface area contributed by atoms with Crippen molar-refractivity contribution in [1.82, 2.24) is 9.21 Å². The maximum atomic E-state index is 13.7. The first kappa shape index (κ1) is 22.6. The Morgan fingerprint density at radius 1 is 1.16 bits per heavy atom. The summed E-state index contributed by atoms with van der Waals surface area (Å²) in [7, 11) is 0.316. The number of hydrogen-bond donors (Lipinski definition) is 0. The van der Waals surface area contributed by atoms with Gasteiger partial charge in [0, 0.05) is 25.2 Å². The lowest BCUT2D eigenvalue weighted by molar-refractivity contribution is -0.129. The average Bonchev–Trinajstić information content (AvgIpc) is 2.97. The number of carbonyl (C=O) groups excluding carboxylic acids is 1. The highest BCUT2D eigenvalue weighted by Crippen LogP contribution is 2.52. The van der Waals surface area contributed by atoms with Crippen LogP contribution in [0.15, 0.2) is 34.4 Å². The van der Waals surface area contributed by atoms with Crippen LogP contribution in [0.3, 0.4) is 0 Å². The molecule has 2 aliphatic heterocycles. The summed E-state index contributed by atoms with van der Waals surface area (Å²) >= 11 is 0. The highest BCUT2D eigenvalue weighted by molar-refractivity contribution is 7.88. The zero-order valence-electron chi connectivity index (χ0n) is 19.5. The second-order valence-corrected chi connectivity index (χ2v) is 11.8. The maximum absolute atomic E-state index is 13.7. The fraction of sp³-hybridized carbons (Fsp3) is 0.565. The van der Waals surface area contributed by atoms with Crippen LogP contribution in [0.1, 0.15) is 45.6 Å². The highest BCUT2D eigenvalue weighted by atomic mass is 32.2. The Hall–Kier alpha value is -2.55. The molecule has 0 aromatic heterocycles. The first-order valence-corrected chi connectivity index (χ1v) is 12.1. The minimum Gasteiger partial charge on any atom is -0.497 e. The highest BCUT2D eigenvalue weighted by Gasteiger charge is 2.52. The Labute approximate surface area is 190 Å². The summed E-state index contributed by atoms with van der Waals surface area (Å²) in [4.78, 5) is 15.5. The average molecular weight is 462 g/mol. The van der Waals surface area contributed by atoms with Crippen molar-refractivity contribution in [2.75, 3.05) is 27.8 Å².